The largest absolute Gasteiger partial charge is 0.460 e. The van der Waals surface area contributed by atoms with Gasteiger partial charge in [-0.15, -0.1) is 0 Å². The first-order chi connectivity index (χ1) is 8.45. The maximum absolute atomic E-state index is 13.2. The lowest BCUT2D eigenvalue weighted by Gasteiger charge is -2.02. The minimum absolute atomic E-state index is 0.00686. The number of hydrogen-bond acceptors (Lipinski definition) is 4. The van der Waals surface area contributed by atoms with Crippen LogP contribution >= 0.6 is 0 Å². The Hall–Kier alpha value is -2.11. The molecule has 0 unspecified atom stereocenters. The average Bonchev–Trinajstić information content (AvgIpc) is 2.32. The van der Waals surface area contributed by atoms with Crippen LogP contribution in [0.1, 0.15) is 23.7 Å². The van der Waals surface area contributed by atoms with Gasteiger partial charge in [-0.25, -0.2) is 13.6 Å². The lowest BCUT2D eigenvalue weighted by atomic mass is 10.1. The molecule has 1 aromatic carbocycles. The van der Waals surface area contributed by atoms with E-state index in [1.54, 1.807) is 0 Å². The van der Waals surface area contributed by atoms with E-state index in [2.05, 4.69) is 4.74 Å². The minimum atomic E-state index is -1.16. The highest BCUT2D eigenvalue weighted by Crippen LogP contribution is 2.12. The Balaban J connectivity index is 2.80. The molecule has 0 fully saturated rings. The Morgan fingerprint density at radius 1 is 1.22 bits per heavy atom. The van der Waals surface area contributed by atoms with Crippen LogP contribution in [0, 0.1) is 11.6 Å². The molecule has 6 heteroatoms. The fourth-order valence-corrected chi connectivity index (χ4v) is 1.24. The number of hydrogen-bond donors (Lipinski definition) is 0. The maximum atomic E-state index is 13.2. The molecular formula is C12H10F2O4. The van der Waals surface area contributed by atoms with Crippen molar-refractivity contribution in [3.8, 4) is 0 Å². The molecule has 1 rings (SSSR count). The molecule has 18 heavy (non-hydrogen) atoms. The van der Waals surface area contributed by atoms with Crippen LogP contribution in [0.4, 0.5) is 8.78 Å². The van der Waals surface area contributed by atoms with Crippen molar-refractivity contribution in [2.24, 2.45) is 0 Å². The van der Waals surface area contributed by atoms with Crippen LogP contribution in [0.25, 0.3) is 0 Å². The van der Waals surface area contributed by atoms with E-state index in [0.29, 0.717) is 6.07 Å². The molecular weight excluding hydrogens is 246 g/mol. The summed E-state index contributed by atoms with van der Waals surface area (Å²) in [6, 6.07) is 2.30. The number of benzene rings is 1. The molecule has 0 bridgehead atoms. The summed E-state index contributed by atoms with van der Waals surface area (Å²) in [6.45, 7) is 1.49. The summed E-state index contributed by atoms with van der Waals surface area (Å²) in [5.41, 5.74) is -0.562. The zero-order valence-electron chi connectivity index (χ0n) is 9.54. The zero-order chi connectivity index (χ0) is 13.7. The highest BCUT2D eigenvalue weighted by Gasteiger charge is 2.22. The van der Waals surface area contributed by atoms with Gasteiger partial charge in [-0.05, 0) is 25.1 Å². The number of ketones is 2. The summed E-state index contributed by atoms with van der Waals surface area (Å²) in [4.78, 5) is 33.7. The van der Waals surface area contributed by atoms with Crippen LogP contribution < -0.4 is 0 Å². The predicted octanol–water partition coefficient (Wildman–Crippen LogP) is 1.67. The highest BCUT2D eigenvalue weighted by molar-refractivity contribution is 6.38. The third-order valence-electron chi connectivity index (χ3n) is 2.05. The number of ether oxygens (including phenoxy) is 1. The molecule has 0 aliphatic rings. The first-order valence-corrected chi connectivity index (χ1v) is 5.14. The molecule has 0 saturated carbocycles. The van der Waals surface area contributed by atoms with Crippen LogP contribution in [0.2, 0.25) is 0 Å². The van der Waals surface area contributed by atoms with Crippen molar-refractivity contribution >= 4 is 17.5 Å². The summed E-state index contributed by atoms with van der Waals surface area (Å²) in [5, 5.41) is 0. The van der Waals surface area contributed by atoms with Crippen molar-refractivity contribution in [1.82, 2.24) is 0 Å². The fraction of sp³-hybridized carbons (Fsp3) is 0.250. The van der Waals surface area contributed by atoms with Crippen LogP contribution in [0.15, 0.2) is 18.2 Å². The summed E-state index contributed by atoms with van der Waals surface area (Å²) in [6.07, 6.45) is -0.848. The van der Waals surface area contributed by atoms with E-state index in [-0.39, 0.29) is 6.61 Å². The smallest absolute Gasteiger partial charge is 0.375 e. The third-order valence-corrected chi connectivity index (χ3v) is 2.05. The fourth-order valence-electron chi connectivity index (χ4n) is 1.24. The number of Topliss-reactive ketones (excluding diaryl/α,β-unsaturated/α-hetero) is 2. The van der Waals surface area contributed by atoms with Gasteiger partial charge in [-0.2, -0.15) is 0 Å². The molecule has 0 aromatic heterocycles. The van der Waals surface area contributed by atoms with E-state index >= 15 is 0 Å². The summed E-state index contributed by atoms with van der Waals surface area (Å²) >= 11 is 0. The van der Waals surface area contributed by atoms with Crippen LogP contribution in [-0.2, 0) is 14.3 Å². The molecule has 0 atom stereocenters. The second kappa shape index (κ2) is 6.00. The first kappa shape index (κ1) is 14.0. The van der Waals surface area contributed by atoms with Crippen molar-refractivity contribution in [3.63, 3.8) is 0 Å². The molecule has 0 aliphatic heterocycles. The van der Waals surface area contributed by atoms with Crippen LogP contribution in [0.5, 0.6) is 0 Å². The van der Waals surface area contributed by atoms with E-state index < -0.39 is 41.2 Å². The summed E-state index contributed by atoms with van der Waals surface area (Å²) in [7, 11) is 0. The zero-order valence-corrected chi connectivity index (χ0v) is 9.54. The van der Waals surface area contributed by atoms with Gasteiger partial charge in [-0.1, -0.05) is 0 Å². The Bertz CT molecular complexity index is 497. The van der Waals surface area contributed by atoms with Gasteiger partial charge in [0.15, 0.2) is 5.78 Å². The molecule has 4 nitrogen and oxygen atoms in total. The van der Waals surface area contributed by atoms with E-state index in [4.69, 9.17) is 0 Å². The van der Waals surface area contributed by atoms with Gasteiger partial charge in [0.05, 0.1) is 18.6 Å². The Morgan fingerprint density at radius 3 is 2.50 bits per heavy atom. The quantitative estimate of drug-likeness (QED) is 0.348. The average molecular weight is 256 g/mol. The molecule has 0 N–H and O–H groups in total. The number of esters is 1. The lowest BCUT2D eigenvalue weighted by molar-refractivity contribution is -0.153. The van der Waals surface area contributed by atoms with Gasteiger partial charge < -0.3 is 4.74 Å². The monoisotopic (exact) mass is 256 g/mol. The van der Waals surface area contributed by atoms with E-state index in [9.17, 15) is 23.2 Å². The molecule has 0 amide bonds. The predicted molar refractivity (Wildman–Crippen MR) is 56.9 cm³/mol. The second-order valence-corrected chi connectivity index (χ2v) is 3.37. The number of carbonyl (C=O) groups is 3. The topological polar surface area (TPSA) is 60.4 Å². The number of halogens is 2. The van der Waals surface area contributed by atoms with Gasteiger partial charge in [-0.3, -0.25) is 9.59 Å². The van der Waals surface area contributed by atoms with Gasteiger partial charge in [0.2, 0.25) is 5.78 Å². The molecule has 0 heterocycles. The van der Waals surface area contributed by atoms with Crippen molar-refractivity contribution in [2.75, 3.05) is 6.61 Å². The lowest BCUT2D eigenvalue weighted by Crippen LogP contribution is -2.21. The Kier molecular flexibility index (Phi) is 4.65. The number of rotatable bonds is 5. The van der Waals surface area contributed by atoms with Crippen molar-refractivity contribution in [2.45, 2.75) is 13.3 Å². The SMILES string of the molecule is CCOC(=O)C(=O)CC(=O)c1cc(F)ccc1F. The maximum Gasteiger partial charge on any atom is 0.375 e. The molecule has 0 radical (unpaired) electrons. The van der Waals surface area contributed by atoms with Gasteiger partial charge in [0.1, 0.15) is 11.6 Å². The Morgan fingerprint density at radius 2 is 1.89 bits per heavy atom. The number of carbonyl (C=O) groups excluding carboxylic acids is 3. The van der Waals surface area contributed by atoms with E-state index in [1.807, 2.05) is 0 Å². The molecule has 1 aromatic rings. The van der Waals surface area contributed by atoms with Crippen molar-refractivity contribution in [1.29, 1.82) is 0 Å². The normalized spacial score (nSPS) is 9.94. The van der Waals surface area contributed by atoms with E-state index in [1.165, 1.54) is 6.92 Å². The van der Waals surface area contributed by atoms with E-state index in [0.717, 1.165) is 12.1 Å². The van der Waals surface area contributed by atoms with Crippen LogP contribution in [-0.4, -0.2) is 24.1 Å². The van der Waals surface area contributed by atoms with Crippen molar-refractivity contribution in [3.05, 3.63) is 35.4 Å². The Labute approximate surface area is 102 Å². The van der Waals surface area contributed by atoms with Gasteiger partial charge in [0.25, 0.3) is 0 Å². The van der Waals surface area contributed by atoms with Crippen LogP contribution in [0.3, 0.4) is 0 Å². The second-order valence-electron chi connectivity index (χ2n) is 3.37. The van der Waals surface area contributed by atoms with Crippen molar-refractivity contribution < 1.29 is 27.9 Å². The molecule has 0 spiro atoms. The molecule has 0 aliphatic carbocycles. The summed E-state index contributed by atoms with van der Waals surface area (Å²) in [5.74, 6) is -4.97. The highest BCUT2D eigenvalue weighted by atomic mass is 19.1. The minimum Gasteiger partial charge on any atom is -0.460 e. The van der Waals surface area contributed by atoms with Gasteiger partial charge in [0, 0.05) is 0 Å². The van der Waals surface area contributed by atoms with Gasteiger partial charge >= 0.3 is 5.97 Å². The summed E-state index contributed by atoms with van der Waals surface area (Å²) < 4.78 is 30.4. The third kappa shape index (κ3) is 3.44. The first-order valence-electron chi connectivity index (χ1n) is 5.14. The molecule has 96 valence electrons. The standard InChI is InChI=1S/C12H10F2O4/c1-2-18-12(17)11(16)6-10(15)8-5-7(13)3-4-9(8)14/h3-5H,2,6H2,1H3. The molecule has 0 saturated heterocycles.